The molecule has 1 heterocycles. The van der Waals surface area contributed by atoms with Gasteiger partial charge < -0.3 is 20.1 Å². The molecule has 0 spiro atoms. The Labute approximate surface area is 269 Å². The van der Waals surface area contributed by atoms with Crippen LogP contribution in [-0.4, -0.2) is 53.6 Å². The van der Waals surface area contributed by atoms with Crippen LogP contribution in [0, 0.1) is 17.8 Å². The number of aromatic hydroxyl groups is 1. The molecule has 1 fully saturated rings. The van der Waals surface area contributed by atoms with Crippen molar-refractivity contribution in [1.29, 1.82) is 0 Å². The number of hydrogen-bond acceptors (Lipinski definition) is 6. The lowest BCUT2D eigenvalue weighted by Gasteiger charge is -2.36. The van der Waals surface area contributed by atoms with Crippen molar-refractivity contribution >= 4 is 39.5 Å². The smallest absolute Gasteiger partial charge is 0.416 e. The molecule has 46 heavy (non-hydrogen) atoms. The molecule has 2 amide bonds. The first-order valence-corrected chi connectivity index (χ1v) is 15.2. The van der Waals surface area contributed by atoms with Gasteiger partial charge in [-0.05, 0) is 73.2 Å². The molecule has 0 saturated carbocycles. The van der Waals surface area contributed by atoms with Gasteiger partial charge in [-0.3, -0.25) is 9.59 Å². The number of hydrogen-bond donors (Lipinski definition) is 3. The number of phenolic OH excluding ortho intramolecular Hbond substituents is 1. The zero-order valence-corrected chi connectivity index (χ0v) is 26.3. The zero-order valence-electron chi connectivity index (χ0n) is 24.8. The minimum atomic E-state index is -5.20. The number of benzene rings is 2. The van der Waals surface area contributed by atoms with E-state index in [0.717, 1.165) is 10.0 Å². The molecule has 3 N–H and O–H groups in total. The van der Waals surface area contributed by atoms with Crippen LogP contribution < -0.4 is 4.90 Å². The van der Waals surface area contributed by atoms with Gasteiger partial charge in [0, 0.05) is 23.1 Å². The number of aliphatic hydroxyl groups excluding tert-OH is 2. The number of methoxy groups -OCH3 is 1. The normalized spacial score (nSPS) is 21.7. The summed E-state index contributed by atoms with van der Waals surface area (Å²) in [7, 11) is 1.36. The predicted octanol–water partition coefficient (Wildman–Crippen LogP) is 6.89. The number of alkyl halides is 6. The Hall–Kier alpha value is -3.20. The van der Waals surface area contributed by atoms with Crippen LogP contribution in [0.1, 0.15) is 49.3 Å². The Bertz CT molecular complexity index is 1520. The lowest BCUT2D eigenvalue weighted by molar-refractivity contribution is -0.143. The van der Waals surface area contributed by atoms with Crippen LogP contribution in [0.15, 0.2) is 57.6 Å². The maximum Gasteiger partial charge on any atom is 0.416 e. The van der Waals surface area contributed by atoms with Gasteiger partial charge in [-0.2, -0.15) is 26.3 Å². The van der Waals surface area contributed by atoms with Crippen LogP contribution in [-0.2, 0) is 26.7 Å². The molecule has 14 heteroatoms. The van der Waals surface area contributed by atoms with E-state index >= 15 is 0 Å². The highest BCUT2D eigenvalue weighted by Gasteiger charge is 2.55. The van der Waals surface area contributed by atoms with Crippen molar-refractivity contribution in [2.75, 3.05) is 25.2 Å². The first-order chi connectivity index (χ1) is 21.5. The summed E-state index contributed by atoms with van der Waals surface area (Å²) in [6, 6.07) is 5.46. The van der Waals surface area contributed by atoms with Gasteiger partial charge in [0.15, 0.2) is 0 Å². The number of ether oxygens (including phenoxy) is 1. The molecule has 0 unspecified atom stereocenters. The lowest BCUT2D eigenvalue weighted by atomic mass is 9.68. The number of fused-ring (bicyclic) bond motifs is 1. The van der Waals surface area contributed by atoms with Crippen molar-refractivity contribution < 1.29 is 56.0 Å². The number of nitrogens with zero attached hydrogens (tertiary/aromatic N) is 1. The molecular weight excluding hydrogens is 688 g/mol. The molecule has 0 bridgehead atoms. The van der Waals surface area contributed by atoms with Gasteiger partial charge in [0.2, 0.25) is 11.8 Å². The summed E-state index contributed by atoms with van der Waals surface area (Å²) < 4.78 is 87.4. The fourth-order valence-corrected chi connectivity index (χ4v) is 6.66. The Morgan fingerprint density at radius 1 is 1.07 bits per heavy atom. The number of imide groups is 1. The number of anilines is 1. The number of carbonyl (C=O) groups is 2. The first-order valence-electron chi connectivity index (χ1n) is 14.4. The average Bonchev–Trinajstić information content (AvgIpc) is 3.23. The third kappa shape index (κ3) is 7.35. The van der Waals surface area contributed by atoms with E-state index in [0.29, 0.717) is 41.0 Å². The minimum absolute atomic E-state index is 0.0514. The largest absolute Gasteiger partial charge is 0.507 e. The van der Waals surface area contributed by atoms with Crippen molar-refractivity contribution in [3.05, 3.63) is 74.3 Å². The molecule has 2 aromatic rings. The topological polar surface area (TPSA) is 107 Å². The first kappa shape index (κ1) is 35.7. The van der Waals surface area contributed by atoms with E-state index in [-0.39, 0.29) is 36.8 Å². The van der Waals surface area contributed by atoms with Gasteiger partial charge in [0.05, 0.1) is 48.0 Å². The van der Waals surface area contributed by atoms with Crippen LogP contribution in [0.5, 0.6) is 5.75 Å². The molecule has 2 aromatic carbocycles. The van der Waals surface area contributed by atoms with Crippen LogP contribution in [0.2, 0.25) is 0 Å². The summed E-state index contributed by atoms with van der Waals surface area (Å²) >= 11 is 3.36. The lowest BCUT2D eigenvalue weighted by Crippen LogP contribution is -2.39. The van der Waals surface area contributed by atoms with Gasteiger partial charge in [0.1, 0.15) is 5.75 Å². The van der Waals surface area contributed by atoms with E-state index in [1.165, 1.54) is 13.2 Å². The summed E-state index contributed by atoms with van der Waals surface area (Å²) in [5.41, 5.74) is -2.19. The maximum absolute atomic E-state index is 13.7. The monoisotopic (exact) mass is 719 g/mol. The Morgan fingerprint density at radius 3 is 2.24 bits per heavy atom. The highest BCUT2D eigenvalue weighted by molar-refractivity contribution is 9.10. The number of aliphatic hydroxyl groups is 2. The maximum atomic E-state index is 13.7. The number of halogens is 7. The van der Waals surface area contributed by atoms with E-state index in [4.69, 9.17) is 4.74 Å². The second-order valence-electron chi connectivity index (χ2n) is 11.3. The molecule has 2 aliphatic rings. The number of rotatable bonds is 10. The molecule has 1 aliphatic heterocycles. The molecular formula is C32H32BrF6NO6. The summed E-state index contributed by atoms with van der Waals surface area (Å²) in [4.78, 5) is 27.6. The third-order valence-electron chi connectivity index (χ3n) is 8.43. The predicted molar refractivity (Wildman–Crippen MR) is 159 cm³/mol. The van der Waals surface area contributed by atoms with Gasteiger partial charge in [0.25, 0.3) is 0 Å². The average molecular weight is 721 g/mol. The number of amides is 2. The summed E-state index contributed by atoms with van der Waals surface area (Å²) in [5.74, 6) is -5.73. The fraction of sp³-hybridized carbons (Fsp3) is 0.438. The molecule has 250 valence electrons. The van der Waals surface area contributed by atoms with Crippen LogP contribution >= 0.6 is 15.9 Å². The Kier molecular flexibility index (Phi) is 10.8. The molecule has 4 atom stereocenters. The quantitative estimate of drug-likeness (QED) is 0.140. The van der Waals surface area contributed by atoms with Crippen LogP contribution in [0.3, 0.4) is 0 Å². The van der Waals surface area contributed by atoms with Crippen LogP contribution in [0.4, 0.5) is 32.0 Å². The summed E-state index contributed by atoms with van der Waals surface area (Å²) in [6.45, 7) is 1.06. The summed E-state index contributed by atoms with van der Waals surface area (Å²) in [5, 5.41) is 32.1. The number of allylic oxidation sites excluding steroid dienone is 1. The second-order valence-corrected chi connectivity index (χ2v) is 12.2. The van der Waals surface area contributed by atoms with E-state index in [9.17, 15) is 51.3 Å². The van der Waals surface area contributed by atoms with Crippen molar-refractivity contribution in [3.8, 4) is 5.75 Å². The van der Waals surface area contributed by atoms with Crippen LogP contribution in [0.25, 0.3) is 6.08 Å². The highest BCUT2D eigenvalue weighted by Crippen LogP contribution is 2.48. The van der Waals surface area contributed by atoms with E-state index in [2.05, 4.69) is 15.9 Å². The molecule has 7 nitrogen and oxygen atoms in total. The van der Waals surface area contributed by atoms with Gasteiger partial charge in [-0.25, -0.2) is 4.90 Å². The van der Waals surface area contributed by atoms with Crippen molar-refractivity contribution in [1.82, 2.24) is 0 Å². The molecule has 4 rings (SSSR count). The molecule has 1 saturated heterocycles. The molecule has 1 aliphatic carbocycles. The Morgan fingerprint density at radius 2 is 1.70 bits per heavy atom. The SMILES string of the molecule is CC/C(=C\c1cc(Br)ccc1O)CC[C@@H](O)C1=C(COC)C[C@H]2C(=O)N(c3cc(C(F)(F)F)cc(C(F)(F)F)c3)C(=O)[C@H]2[C@H]1CO. The molecule has 0 aromatic heterocycles. The Balaban J connectivity index is 1.68. The standard InChI is InChI=1S/C32H32BrF6NO6/c1-3-16(8-17-9-21(33)5-7-25(17)42)4-6-26(43)27-18(15-46-2)10-23-28(24(27)14-41)30(45)40(29(23)44)22-12-19(31(34,35)36)11-20(13-22)32(37,38)39/h5,7-9,11-13,23-24,26,28,41-43H,3-4,6,10,14-15H2,1-2H3/b16-8+/t23-,24+,26-,28-/m1/s1. The number of phenols is 1. The van der Waals surface area contributed by atoms with Crippen molar-refractivity contribution in [2.24, 2.45) is 17.8 Å². The van der Waals surface area contributed by atoms with Gasteiger partial charge in [-0.1, -0.05) is 34.5 Å². The van der Waals surface area contributed by atoms with Crippen molar-refractivity contribution in [2.45, 2.75) is 51.1 Å². The highest BCUT2D eigenvalue weighted by atomic mass is 79.9. The second kappa shape index (κ2) is 13.9. The van der Waals surface area contributed by atoms with Crippen molar-refractivity contribution in [3.63, 3.8) is 0 Å². The minimum Gasteiger partial charge on any atom is -0.507 e. The zero-order chi connectivity index (χ0) is 34.1. The van der Waals surface area contributed by atoms with Gasteiger partial charge >= 0.3 is 12.4 Å². The van der Waals surface area contributed by atoms with Gasteiger partial charge in [-0.15, -0.1) is 0 Å². The summed E-state index contributed by atoms with van der Waals surface area (Å²) in [6.07, 6.45) is -9.01. The van der Waals surface area contributed by atoms with E-state index < -0.39 is 71.4 Å². The van der Waals surface area contributed by atoms with E-state index in [1.54, 1.807) is 18.2 Å². The van der Waals surface area contributed by atoms with E-state index in [1.807, 2.05) is 6.92 Å². The molecule has 0 radical (unpaired) electrons. The fourth-order valence-electron chi connectivity index (χ4n) is 6.28. The third-order valence-corrected chi connectivity index (χ3v) is 8.92. The number of carbonyl (C=O) groups excluding carboxylic acids is 2.